The minimum Gasteiger partial charge on any atom is -0.466 e. The third-order valence-electron chi connectivity index (χ3n) is 1.89. The zero-order chi connectivity index (χ0) is 11.1. The normalized spacial score (nSPS) is 12.4. The lowest BCUT2D eigenvalue weighted by Gasteiger charge is -2.20. The van der Waals surface area contributed by atoms with Crippen molar-refractivity contribution in [2.24, 2.45) is 5.92 Å². The first kappa shape index (κ1) is 12.9. The summed E-state index contributed by atoms with van der Waals surface area (Å²) >= 11 is 0. The minimum atomic E-state index is -0.264. The summed E-state index contributed by atoms with van der Waals surface area (Å²) in [7, 11) is 0. The number of esters is 1. The van der Waals surface area contributed by atoms with Crippen molar-refractivity contribution in [1.82, 2.24) is 5.32 Å². The number of carbonyl (C=O) groups is 2. The van der Waals surface area contributed by atoms with Crippen molar-refractivity contribution in [2.45, 2.75) is 40.2 Å². The van der Waals surface area contributed by atoms with Gasteiger partial charge in [-0.2, -0.15) is 0 Å². The fraction of sp³-hybridized carbons (Fsp3) is 0.800. The summed E-state index contributed by atoms with van der Waals surface area (Å²) in [4.78, 5) is 22.0. The monoisotopic (exact) mass is 201 g/mol. The third-order valence-corrected chi connectivity index (χ3v) is 1.89. The highest BCUT2D eigenvalue weighted by Gasteiger charge is 2.18. The van der Waals surface area contributed by atoms with Gasteiger partial charge in [0.2, 0.25) is 5.91 Å². The highest BCUT2D eigenvalue weighted by molar-refractivity contribution is 5.75. The van der Waals surface area contributed by atoms with E-state index in [-0.39, 0.29) is 30.3 Å². The van der Waals surface area contributed by atoms with E-state index in [0.29, 0.717) is 6.61 Å². The van der Waals surface area contributed by atoms with Crippen LogP contribution in [0.4, 0.5) is 0 Å². The molecule has 1 N–H and O–H groups in total. The van der Waals surface area contributed by atoms with E-state index in [1.807, 2.05) is 13.8 Å². The molecule has 0 unspecified atom stereocenters. The summed E-state index contributed by atoms with van der Waals surface area (Å²) in [5, 5.41) is 2.73. The first-order valence-corrected chi connectivity index (χ1v) is 4.90. The number of rotatable bonds is 5. The predicted molar refractivity (Wildman–Crippen MR) is 53.7 cm³/mol. The van der Waals surface area contributed by atoms with Crippen LogP contribution in [0.25, 0.3) is 0 Å². The van der Waals surface area contributed by atoms with Gasteiger partial charge in [0.15, 0.2) is 0 Å². The molecule has 1 amide bonds. The van der Waals surface area contributed by atoms with E-state index in [1.165, 1.54) is 6.92 Å². The van der Waals surface area contributed by atoms with Gasteiger partial charge in [-0.05, 0) is 12.8 Å². The van der Waals surface area contributed by atoms with E-state index in [2.05, 4.69) is 5.32 Å². The largest absolute Gasteiger partial charge is 0.466 e. The van der Waals surface area contributed by atoms with Crippen molar-refractivity contribution in [3.8, 4) is 0 Å². The molecule has 0 saturated heterocycles. The molecule has 82 valence electrons. The highest BCUT2D eigenvalue weighted by Crippen LogP contribution is 2.07. The highest BCUT2D eigenvalue weighted by atomic mass is 16.5. The second kappa shape index (κ2) is 6.40. The van der Waals surface area contributed by atoms with Crippen LogP contribution in [0.2, 0.25) is 0 Å². The maximum atomic E-state index is 11.2. The quantitative estimate of drug-likeness (QED) is 0.678. The molecule has 0 aliphatic carbocycles. The molecule has 4 nitrogen and oxygen atoms in total. The Hall–Kier alpha value is -1.06. The van der Waals surface area contributed by atoms with Crippen LogP contribution in [-0.2, 0) is 14.3 Å². The van der Waals surface area contributed by atoms with E-state index < -0.39 is 0 Å². The fourth-order valence-corrected chi connectivity index (χ4v) is 1.11. The average Bonchev–Trinajstić information content (AvgIpc) is 2.02. The van der Waals surface area contributed by atoms with Gasteiger partial charge in [-0.1, -0.05) is 13.8 Å². The topological polar surface area (TPSA) is 55.4 Å². The Bertz CT molecular complexity index is 202. The number of ether oxygens (including phenoxy) is 1. The van der Waals surface area contributed by atoms with Crippen molar-refractivity contribution < 1.29 is 14.3 Å². The molecule has 0 fully saturated rings. The first-order chi connectivity index (χ1) is 6.47. The Morgan fingerprint density at radius 2 is 1.93 bits per heavy atom. The molecule has 0 aromatic heterocycles. The molecular formula is C10H19NO3. The standard InChI is InChI=1S/C10H19NO3/c1-5-14-10(13)6-9(7(2)3)11-8(4)12/h7,9H,5-6H2,1-4H3,(H,11,12)/t9-/m1/s1. The first-order valence-electron chi connectivity index (χ1n) is 4.90. The Morgan fingerprint density at radius 1 is 1.36 bits per heavy atom. The molecule has 14 heavy (non-hydrogen) atoms. The molecular weight excluding hydrogens is 182 g/mol. The third kappa shape index (κ3) is 5.56. The van der Waals surface area contributed by atoms with Gasteiger partial charge >= 0.3 is 5.97 Å². The fourth-order valence-electron chi connectivity index (χ4n) is 1.11. The van der Waals surface area contributed by atoms with Crippen LogP contribution in [-0.4, -0.2) is 24.5 Å². The van der Waals surface area contributed by atoms with Crippen molar-refractivity contribution >= 4 is 11.9 Å². The summed E-state index contributed by atoms with van der Waals surface area (Å²) in [6, 6.07) is -0.133. The van der Waals surface area contributed by atoms with Gasteiger partial charge in [-0.15, -0.1) is 0 Å². The Morgan fingerprint density at radius 3 is 2.29 bits per heavy atom. The summed E-state index contributed by atoms with van der Waals surface area (Å²) in [5.41, 5.74) is 0. The lowest BCUT2D eigenvalue weighted by molar-refractivity contribution is -0.144. The zero-order valence-electron chi connectivity index (χ0n) is 9.29. The van der Waals surface area contributed by atoms with E-state index >= 15 is 0 Å². The summed E-state index contributed by atoms with van der Waals surface area (Å²) < 4.78 is 4.81. The average molecular weight is 201 g/mol. The van der Waals surface area contributed by atoms with Crippen molar-refractivity contribution in [3.63, 3.8) is 0 Å². The predicted octanol–water partition coefficient (Wildman–Crippen LogP) is 1.10. The molecule has 4 heteroatoms. The molecule has 0 aromatic carbocycles. The molecule has 1 atom stereocenters. The van der Waals surface area contributed by atoms with E-state index in [9.17, 15) is 9.59 Å². The van der Waals surface area contributed by atoms with Gasteiger partial charge in [-0.3, -0.25) is 9.59 Å². The molecule has 0 radical (unpaired) electrons. The smallest absolute Gasteiger partial charge is 0.307 e. The lowest BCUT2D eigenvalue weighted by atomic mass is 10.0. The number of carbonyl (C=O) groups excluding carboxylic acids is 2. The second-order valence-corrected chi connectivity index (χ2v) is 3.56. The van der Waals surface area contributed by atoms with Gasteiger partial charge in [0.25, 0.3) is 0 Å². The number of hydrogen-bond acceptors (Lipinski definition) is 3. The Balaban J connectivity index is 4.09. The molecule has 0 aliphatic heterocycles. The van der Waals surface area contributed by atoms with Crippen LogP contribution < -0.4 is 5.32 Å². The maximum Gasteiger partial charge on any atom is 0.307 e. The van der Waals surface area contributed by atoms with Gasteiger partial charge in [0.05, 0.1) is 13.0 Å². The summed E-state index contributed by atoms with van der Waals surface area (Å²) in [6.45, 7) is 7.50. The van der Waals surface area contributed by atoms with Crippen LogP contribution >= 0.6 is 0 Å². The molecule has 0 spiro atoms. The molecule has 0 heterocycles. The molecule has 0 aliphatic rings. The number of amides is 1. The molecule has 0 rings (SSSR count). The van der Waals surface area contributed by atoms with Gasteiger partial charge in [-0.25, -0.2) is 0 Å². The van der Waals surface area contributed by atoms with Crippen LogP contribution in [0.15, 0.2) is 0 Å². The molecule has 0 bridgehead atoms. The number of hydrogen-bond donors (Lipinski definition) is 1. The Labute approximate surface area is 85.0 Å². The summed E-state index contributed by atoms with van der Waals surface area (Å²) in [5.74, 6) is -0.156. The van der Waals surface area contributed by atoms with E-state index in [1.54, 1.807) is 6.92 Å². The van der Waals surface area contributed by atoms with Crippen molar-refractivity contribution in [2.75, 3.05) is 6.61 Å². The van der Waals surface area contributed by atoms with Crippen LogP contribution in [0.1, 0.15) is 34.1 Å². The van der Waals surface area contributed by atoms with Gasteiger partial charge < -0.3 is 10.1 Å². The number of nitrogens with one attached hydrogen (secondary N) is 1. The van der Waals surface area contributed by atoms with Crippen LogP contribution in [0, 0.1) is 5.92 Å². The zero-order valence-corrected chi connectivity index (χ0v) is 9.29. The second-order valence-electron chi connectivity index (χ2n) is 3.56. The van der Waals surface area contributed by atoms with Crippen molar-refractivity contribution in [3.05, 3.63) is 0 Å². The van der Waals surface area contributed by atoms with Gasteiger partial charge in [0, 0.05) is 13.0 Å². The Kier molecular flexibility index (Phi) is 5.92. The maximum absolute atomic E-state index is 11.2. The van der Waals surface area contributed by atoms with Crippen LogP contribution in [0.3, 0.4) is 0 Å². The molecule has 0 saturated carbocycles. The minimum absolute atomic E-state index is 0.118. The SMILES string of the molecule is CCOC(=O)C[C@@H](NC(C)=O)C(C)C. The molecule has 0 aromatic rings. The van der Waals surface area contributed by atoms with E-state index in [4.69, 9.17) is 4.74 Å². The van der Waals surface area contributed by atoms with Crippen LogP contribution in [0.5, 0.6) is 0 Å². The van der Waals surface area contributed by atoms with Gasteiger partial charge in [0.1, 0.15) is 0 Å². The van der Waals surface area contributed by atoms with E-state index in [0.717, 1.165) is 0 Å². The lowest BCUT2D eigenvalue weighted by Crippen LogP contribution is -2.39. The summed E-state index contributed by atoms with van der Waals surface area (Å²) in [6.07, 6.45) is 0.241. The van der Waals surface area contributed by atoms with Crippen molar-refractivity contribution in [1.29, 1.82) is 0 Å².